The quantitative estimate of drug-likeness (QED) is 0.470. The highest BCUT2D eigenvalue weighted by Crippen LogP contribution is 2.19. The standard InChI is InChI=1S/C11H16O4.C5H8O2/c1-7(9(12)13)5-8(10(14)15)6-11(2,3)4;1-4(2)5(6)7-3/h5-6H,1-4H3,(H,12,13)(H,14,15);1H2,2-3H3. The van der Waals surface area contributed by atoms with E-state index in [1.54, 1.807) is 6.92 Å². The first-order valence-electron chi connectivity index (χ1n) is 6.43. The van der Waals surface area contributed by atoms with Crippen molar-refractivity contribution in [3.63, 3.8) is 0 Å². The molecule has 0 aliphatic carbocycles. The lowest BCUT2D eigenvalue weighted by Crippen LogP contribution is -2.08. The van der Waals surface area contributed by atoms with Gasteiger partial charge in [0.2, 0.25) is 0 Å². The smallest absolute Gasteiger partial charge is 0.335 e. The number of esters is 1. The molecule has 0 aliphatic rings. The van der Waals surface area contributed by atoms with Crippen LogP contribution < -0.4 is 0 Å². The predicted octanol–water partition coefficient (Wildman–Crippen LogP) is 2.81. The van der Waals surface area contributed by atoms with Crippen molar-refractivity contribution >= 4 is 17.9 Å². The van der Waals surface area contributed by atoms with Gasteiger partial charge in [-0.25, -0.2) is 14.4 Å². The van der Waals surface area contributed by atoms with Crippen LogP contribution in [-0.2, 0) is 19.1 Å². The van der Waals surface area contributed by atoms with Crippen LogP contribution in [0.4, 0.5) is 0 Å². The summed E-state index contributed by atoms with van der Waals surface area (Å²) < 4.78 is 4.27. The lowest BCUT2D eigenvalue weighted by molar-refractivity contribution is -0.136. The average Bonchev–Trinajstić information content (AvgIpc) is 2.35. The maximum absolute atomic E-state index is 10.8. The Hall–Kier alpha value is -2.37. The Kier molecular flexibility index (Phi) is 9.51. The summed E-state index contributed by atoms with van der Waals surface area (Å²) in [5, 5.41) is 17.5. The first kappa shape index (κ1) is 21.9. The number of ether oxygens (including phenoxy) is 1. The molecule has 0 atom stereocenters. The highest BCUT2D eigenvalue weighted by molar-refractivity contribution is 5.94. The predicted molar refractivity (Wildman–Crippen MR) is 83.4 cm³/mol. The number of rotatable bonds is 4. The SMILES string of the molecule is C=C(C)C(=O)OC.CC(=CC(=CC(C)(C)C)C(=O)O)C(=O)O. The molecule has 2 N–H and O–H groups in total. The van der Waals surface area contributed by atoms with Gasteiger partial charge in [0.1, 0.15) is 0 Å². The van der Waals surface area contributed by atoms with Crippen LogP contribution in [0.3, 0.4) is 0 Å². The van der Waals surface area contributed by atoms with Crippen LogP contribution >= 0.6 is 0 Å². The molecule has 0 aromatic heterocycles. The molecule has 0 saturated heterocycles. The van der Waals surface area contributed by atoms with Crippen LogP contribution in [0.2, 0.25) is 0 Å². The van der Waals surface area contributed by atoms with Gasteiger partial charge in [0.15, 0.2) is 0 Å². The van der Waals surface area contributed by atoms with E-state index in [2.05, 4.69) is 11.3 Å². The van der Waals surface area contributed by atoms with Crippen molar-refractivity contribution in [2.75, 3.05) is 7.11 Å². The van der Waals surface area contributed by atoms with Gasteiger partial charge >= 0.3 is 17.9 Å². The number of carboxylic acids is 2. The molecular weight excluding hydrogens is 288 g/mol. The fourth-order valence-electron chi connectivity index (χ4n) is 1.10. The van der Waals surface area contributed by atoms with E-state index in [1.165, 1.54) is 20.1 Å². The zero-order chi connectivity index (χ0) is 18.1. The normalized spacial score (nSPS) is 11.9. The molecule has 0 spiro atoms. The van der Waals surface area contributed by atoms with Gasteiger partial charge in [-0.05, 0) is 25.3 Å². The second kappa shape index (κ2) is 9.55. The van der Waals surface area contributed by atoms with E-state index in [1.807, 2.05) is 20.8 Å². The summed E-state index contributed by atoms with van der Waals surface area (Å²) in [5.41, 5.74) is 0.140. The van der Waals surface area contributed by atoms with Crippen molar-refractivity contribution in [2.45, 2.75) is 34.6 Å². The van der Waals surface area contributed by atoms with E-state index in [-0.39, 0.29) is 22.5 Å². The Balaban J connectivity index is 0. The summed E-state index contributed by atoms with van der Waals surface area (Å²) in [5.74, 6) is -2.58. The molecule has 0 saturated carbocycles. The van der Waals surface area contributed by atoms with Crippen LogP contribution in [0, 0.1) is 5.41 Å². The van der Waals surface area contributed by atoms with Gasteiger partial charge in [0.05, 0.1) is 12.7 Å². The van der Waals surface area contributed by atoms with E-state index in [9.17, 15) is 14.4 Å². The molecule has 0 bridgehead atoms. The van der Waals surface area contributed by atoms with Crippen LogP contribution in [0.5, 0.6) is 0 Å². The molecule has 22 heavy (non-hydrogen) atoms. The fraction of sp³-hybridized carbons (Fsp3) is 0.438. The van der Waals surface area contributed by atoms with Gasteiger partial charge < -0.3 is 14.9 Å². The number of allylic oxidation sites excluding steroid dienone is 1. The third-order valence-corrected chi connectivity index (χ3v) is 2.08. The van der Waals surface area contributed by atoms with Crippen molar-refractivity contribution in [3.8, 4) is 0 Å². The van der Waals surface area contributed by atoms with Crippen LogP contribution in [-0.4, -0.2) is 35.2 Å². The van der Waals surface area contributed by atoms with Crippen LogP contribution in [0.1, 0.15) is 34.6 Å². The fourth-order valence-corrected chi connectivity index (χ4v) is 1.10. The zero-order valence-electron chi connectivity index (χ0n) is 13.9. The number of hydrogen-bond acceptors (Lipinski definition) is 4. The maximum Gasteiger partial charge on any atom is 0.335 e. The van der Waals surface area contributed by atoms with Crippen molar-refractivity contribution in [3.05, 3.63) is 35.5 Å². The van der Waals surface area contributed by atoms with E-state index in [0.29, 0.717) is 5.57 Å². The second-order valence-corrected chi connectivity index (χ2v) is 5.68. The van der Waals surface area contributed by atoms with Gasteiger partial charge in [-0.2, -0.15) is 0 Å². The molecule has 0 heterocycles. The van der Waals surface area contributed by atoms with Gasteiger partial charge in [-0.15, -0.1) is 0 Å². The monoisotopic (exact) mass is 312 g/mol. The van der Waals surface area contributed by atoms with Crippen molar-refractivity contribution < 1.29 is 29.3 Å². The Morgan fingerprint density at radius 2 is 1.50 bits per heavy atom. The van der Waals surface area contributed by atoms with Crippen molar-refractivity contribution in [1.29, 1.82) is 0 Å². The minimum Gasteiger partial charge on any atom is -0.478 e. The Labute approximate surface area is 130 Å². The number of hydrogen-bond donors (Lipinski definition) is 2. The topological polar surface area (TPSA) is 101 Å². The molecule has 0 unspecified atom stereocenters. The second-order valence-electron chi connectivity index (χ2n) is 5.68. The summed E-state index contributed by atoms with van der Waals surface area (Å²) in [7, 11) is 1.33. The molecule has 6 nitrogen and oxygen atoms in total. The number of carboxylic acid groups (broad SMARTS) is 2. The number of carbonyl (C=O) groups excluding carboxylic acids is 1. The molecule has 0 radical (unpaired) electrons. The molecule has 6 heteroatoms. The molecular formula is C16H24O6. The molecule has 0 aromatic rings. The molecule has 0 aromatic carbocycles. The molecule has 0 amide bonds. The number of carbonyl (C=O) groups is 3. The van der Waals surface area contributed by atoms with E-state index in [4.69, 9.17) is 10.2 Å². The minimum atomic E-state index is -1.12. The number of methoxy groups -OCH3 is 1. The van der Waals surface area contributed by atoms with Crippen molar-refractivity contribution in [2.24, 2.45) is 5.41 Å². The first-order valence-corrected chi connectivity index (χ1v) is 6.43. The molecule has 0 fully saturated rings. The third-order valence-electron chi connectivity index (χ3n) is 2.08. The maximum atomic E-state index is 10.8. The lowest BCUT2D eigenvalue weighted by Gasteiger charge is -2.12. The van der Waals surface area contributed by atoms with Gasteiger partial charge in [-0.3, -0.25) is 0 Å². The minimum absolute atomic E-state index is 0.00222. The summed E-state index contributed by atoms with van der Waals surface area (Å²) in [6.07, 6.45) is 2.69. The van der Waals surface area contributed by atoms with Crippen LogP contribution in [0.15, 0.2) is 35.5 Å². The highest BCUT2D eigenvalue weighted by Gasteiger charge is 2.13. The average molecular weight is 312 g/mol. The lowest BCUT2D eigenvalue weighted by atomic mass is 9.93. The van der Waals surface area contributed by atoms with Crippen molar-refractivity contribution in [1.82, 2.24) is 0 Å². The highest BCUT2D eigenvalue weighted by atomic mass is 16.5. The van der Waals surface area contributed by atoms with E-state index >= 15 is 0 Å². The summed E-state index contributed by atoms with van der Waals surface area (Å²) in [6, 6.07) is 0. The van der Waals surface area contributed by atoms with Gasteiger partial charge in [0.25, 0.3) is 0 Å². The Morgan fingerprint density at radius 3 is 1.68 bits per heavy atom. The number of aliphatic carboxylic acids is 2. The molecule has 124 valence electrons. The summed E-state index contributed by atoms with van der Waals surface area (Å²) in [6.45, 7) is 11.9. The largest absolute Gasteiger partial charge is 0.478 e. The van der Waals surface area contributed by atoms with Gasteiger partial charge in [0, 0.05) is 11.1 Å². The first-order chi connectivity index (χ1) is 9.81. The van der Waals surface area contributed by atoms with Gasteiger partial charge in [-0.1, -0.05) is 33.4 Å². The van der Waals surface area contributed by atoms with E-state index < -0.39 is 11.9 Å². The Morgan fingerprint density at radius 1 is 1.05 bits per heavy atom. The molecule has 0 aliphatic heterocycles. The summed E-state index contributed by atoms with van der Waals surface area (Å²) >= 11 is 0. The van der Waals surface area contributed by atoms with Crippen LogP contribution in [0.25, 0.3) is 0 Å². The third kappa shape index (κ3) is 11.5. The Bertz CT molecular complexity index is 503. The zero-order valence-corrected chi connectivity index (χ0v) is 13.9. The summed E-state index contributed by atoms with van der Waals surface area (Å²) in [4.78, 5) is 31.6. The van der Waals surface area contributed by atoms with E-state index in [0.717, 1.165) is 6.08 Å². The molecule has 0 rings (SSSR count).